The zero-order valence-corrected chi connectivity index (χ0v) is 16.2. The van der Waals surface area contributed by atoms with Crippen LogP contribution in [0.15, 0.2) is 48.5 Å². The molecule has 0 aliphatic carbocycles. The molecule has 0 amide bonds. The van der Waals surface area contributed by atoms with E-state index in [0.717, 1.165) is 12.1 Å². The van der Waals surface area contributed by atoms with Crippen LogP contribution in [0.4, 0.5) is 42.4 Å². The van der Waals surface area contributed by atoms with Gasteiger partial charge in [0.1, 0.15) is 5.75 Å². The molecule has 1 aromatic heterocycles. The van der Waals surface area contributed by atoms with E-state index in [-0.39, 0.29) is 23.3 Å². The van der Waals surface area contributed by atoms with E-state index in [1.807, 2.05) is 4.90 Å². The maximum Gasteiger partial charge on any atom is 0.416 e. The molecule has 0 radical (unpaired) electrons. The molecule has 2 heterocycles. The van der Waals surface area contributed by atoms with Crippen molar-refractivity contribution < 1.29 is 23.0 Å². The Morgan fingerprint density at radius 2 is 1.52 bits per heavy atom. The van der Waals surface area contributed by atoms with Gasteiger partial charge in [0.15, 0.2) is 0 Å². The lowest BCUT2D eigenvalue weighted by molar-refractivity contribution is -0.137. The first-order valence-corrected chi connectivity index (χ1v) is 9.46. The monoisotopic (exact) mass is 432 g/mol. The van der Waals surface area contributed by atoms with Gasteiger partial charge in [0.25, 0.3) is 0 Å². The zero-order chi connectivity index (χ0) is 21.8. The van der Waals surface area contributed by atoms with Crippen LogP contribution in [0.1, 0.15) is 5.56 Å². The van der Waals surface area contributed by atoms with Crippen LogP contribution in [0.3, 0.4) is 0 Å². The zero-order valence-electron chi connectivity index (χ0n) is 16.2. The number of benzene rings is 2. The van der Waals surface area contributed by atoms with Crippen molar-refractivity contribution in [2.45, 2.75) is 6.18 Å². The van der Waals surface area contributed by atoms with Crippen LogP contribution in [0.2, 0.25) is 0 Å². The van der Waals surface area contributed by atoms with Crippen molar-refractivity contribution in [2.24, 2.45) is 0 Å². The summed E-state index contributed by atoms with van der Waals surface area (Å²) in [5.74, 6) is 0.782. The molecule has 2 aromatic carbocycles. The Labute approximate surface area is 175 Å². The number of nitrogens with one attached hydrogen (secondary N) is 2. The van der Waals surface area contributed by atoms with Crippen LogP contribution in [0.25, 0.3) is 0 Å². The highest BCUT2D eigenvalue weighted by Gasteiger charge is 2.30. The minimum Gasteiger partial charge on any atom is -0.508 e. The van der Waals surface area contributed by atoms with E-state index in [0.29, 0.717) is 37.9 Å². The number of hydrogen-bond acceptors (Lipinski definition) is 8. The number of aromatic nitrogens is 3. The molecule has 0 spiro atoms. The lowest BCUT2D eigenvalue weighted by Crippen LogP contribution is -2.37. The van der Waals surface area contributed by atoms with Crippen molar-refractivity contribution in [3.05, 3.63) is 54.1 Å². The number of aromatic hydroxyl groups is 1. The highest BCUT2D eigenvalue weighted by atomic mass is 19.4. The number of nitrogens with zero attached hydrogens (tertiary/aromatic N) is 4. The number of anilines is 5. The average molecular weight is 432 g/mol. The highest BCUT2D eigenvalue weighted by Crippen LogP contribution is 2.31. The van der Waals surface area contributed by atoms with E-state index in [1.165, 1.54) is 24.3 Å². The number of phenols is 1. The minimum absolute atomic E-state index is 0.0945. The molecule has 1 saturated heterocycles. The Morgan fingerprint density at radius 1 is 0.871 bits per heavy atom. The molecule has 8 nitrogen and oxygen atoms in total. The third kappa shape index (κ3) is 5.31. The van der Waals surface area contributed by atoms with Crippen LogP contribution >= 0.6 is 0 Å². The molecule has 0 saturated carbocycles. The largest absolute Gasteiger partial charge is 0.508 e. The van der Waals surface area contributed by atoms with E-state index >= 15 is 0 Å². The Hall–Kier alpha value is -3.60. The Balaban J connectivity index is 1.64. The number of hydrogen-bond donors (Lipinski definition) is 3. The summed E-state index contributed by atoms with van der Waals surface area (Å²) in [5, 5.41) is 15.3. The molecule has 0 atom stereocenters. The summed E-state index contributed by atoms with van der Waals surface area (Å²) < 4.78 is 44.5. The Bertz CT molecular complexity index is 1040. The molecule has 31 heavy (non-hydrogen) atoms. The number of alkyl halides is 3. The molecule has 162 valence electrons. The quantitative estimate of drug-likeness (QED) is 0.523. The number of rotatable bonds is 5. The maximum atomic E-state index is 13.0. The smallest absolute Gasteiger partial charge is 0.416 e. The fraction of sp³-hybridized carbons (Fsp3) is 0.250. The third-order valence-electron chi connectivity index (χ3n) is 4.49. The second-order valence-electron chi connectivity index (χ2n) is 6.76. The van der Waals surface area contributed by atoms with Gasteiger partial charge >= 0.3 is 6.18 Å². The first-order chi connectivity index (χ1) is 14.9. The standard InChI is InChI=1S/C20H19F3N6O2/c21-20(22,23)13-2-1-3-15(12-13)25-18-26-17(24-14-4-6-16(30)7-5-14)27-19(28-18)29-8-10-31-11-9-29/h1-7,12,30H,8-11H2,(H2,24,25,26,27,28). The van der Waals surface area contributed by atoms with Gasteiger partial charge in [-0.15, -0.1) is 0 Å². The summed E-state index contributed by atoms with van der Waals surface area (Å²) in [6, 6.07) is 11.1. The number of phenolic OH excluding ortho intramolecular Hbond substituents is 1. The highest BCUT2D eigenvalue weighted by molar-refractivity contribution is 5.60. The molecule has 11 heteroatoms. The maximum absolute atomic E-state index is 13.0. The minimum atomic E-state index is -4.46. The second kappa shape index (κ2) is 8.64. The summed E-state index contributed by atoms with van der Waals surface area (Å²) in [5.41, 5.74) is 0.0499. The summed E-state index contributed by atoms with van der Waals surface area (Å²) >= 11 is 0. The van der Waals surface area contributed by atoms with E-state index in [1.54, 1.807) is 12.1 Å². The van der Waals surface area contributed by atoms with E-state index in [9.17, 15) is 18.3 Å². The van der Waals surface area contributed by atoms with Crippen LogP contribution < -0.4 is 15.5 Å². The molecule has 3 N–H and O–H groups in total. The summed E-state index contributed by atoms with van der Waals surface area (Å²) in [7, 11) is 0. The summed E-state index contributed by atoms with van der Waals surface area (Å²) in [6.45, 7) is 2.18. The van der Waals surface area contributed by atoms with Crippen LogP contribution in [0.5, 0.6) is 5.75 Å². The van der Waals surface area contributed by atoms with E-state index < -0.39 is 11.7 Å². The predicted molar refractivity (Wildman–Crippen MR) is 109 cm³/mol. The van der Waals surface area contributed by atoms with Crippen molar-refractivity contribution in [1.29, 1.82) is 0 Å². The van der Waals surface area contributed by atoms with Gasteiger partial charge in [0.2, 0.25) is 17.8 Å². The van der Waals surface area contributed by atoms with Gasteiger partial charge in [-0.25, -0.2) is 0 Å². The van der Waals surface area contributed by atoms with Crippen molar-refractivity contribution in [3.63, 3.8) is 0 Å². The van der Waals surface area contributed by atoms with Crippen molar-refractivity contribution in [3.8, 4) is 5.75 Å². The van der Waals surface area contributed by atoms with Gasteiger partial charge < -0.3 is 25.4 Å². The van der Waals surface area contributed by atoms with E-state index in [2.05, 4.69) is 25.6 Å². The molecule has 1 fully saturated rings. The van der Waals surface area contributed by atoms with Gasteiger partial charge in [0, 0.05) is 24.5 Å². The first kappa shape index (κ1) is 20.7. The topological polar surface area (TPSA) is 95.4 Å². The Kier molecular flexibility index (Phi) is 5.76. The number of ether oxygens (including phenoxy) is 1. The third-order valence-corrected chi connectivity index (χ3v) is 4.49. The number of halogens is 3. The van der Waals surface area contributed by atoms with Crippen LogP contribution in [-0.4, -0.2) is 46.4 Å². The van der Waals surface area contributed by atoms with Gasteiger partial charge in [-0.1, -0.05) is 6.07 Å². The second-order valence-corrected chi connectivity index (χ2v) is 6.76. The lowest BCUT2D eigenvalue weighted by atomic mass is 10.2. The lowest BCUT2D eigenvalue weighted by Gasteiger charge is -2.27. The van der Waals surface area contributed by atoms with E-state index in [4.69, 9.17) is 4.74 Å². The molecule has 3 aromatic rings. The van der Waals surface area contributed by atoms with Crippen molar-refractivity contribution in [2.75, 3.05) is 41.8 Å². The van der Waals surface area contributed by atoms with Crippen molar-refractivity contribution >= 4 is 29.2 Å². The Morgan fingerprint density at radius 3 is 2.16 bits per heavy atom. The molecule has 0 unspecified atom stereocenters. The average Bonchev–Trinajstić information content (AvgIpc) is 2.75. The molecule has 1 aliphatic heterocycles. The summed E-state index contributed by atoms with van der Waals surface area (Å²) in [4.78, 5) is 15.0. The van der Waals surface area contributed by atoms with Gasteiger partial charge in [0.05, 0.1) is 18.8 Å². The predicted octanol–water partition coefficient (Wildman–Crippen LogP) is 3.92. The van der Waals surface area contributed by atoms with Crippen LogP contribution in [0, 0.1) is 0 Å². The van der Waals surface area contributed by atoms with Gasteiger partial charge in [-0.05, 0) is 42.5 Å². The fourth-order valence-corrected chi connectivity index (χ4v) is 2.96. The molecule has 0 bridgehead atoms. The first-order valence-electron chi connectivity index (χ1n) is 9.46. The van der Waals surface area contributed by atoms with Gasteiger partial charge in [-0.2, -0.15) is 28.1 Å². The SMILES string of the molecule is Oc1ccc(Nc2nc(Nc3cccc(C(F)(F)F)c3)nc(N3CCOCC3)n2)cc1. The molecule has 4 rings (SSSR count). The molecule has 1 aliphatic rings. The molecular weight excluding hydrogens is 413 g/mol. The fourth-order valence-electron chi connectivity index (χ4n) is 2.96. The van der Waals surface area contributed by atoms with Crippen LogP contribution in [-0.2, 0) is 10.9 Å². The molecular formula is C20H19F3N6O2. The van der Waals surface area contributed by atoms with Gasteiger partial charge in [-0.3, -0.25) is 0 Å². The van der Waals surface area contributed by atoms with Crippen molar-refractivity contribution in [1.82, 2.24) is 15.0 Å². The number of morpholine rings is 1. The normalized spacial score (nSPS) is 14.4. The summed E-state index contributed by atoms with van der Waals surface area (Å²) in [6.07, 6.45) is -4.46.